The van der Waals surface area contributed by atoms with Gasteiger partial charge in [-0.1, -0.05) is 12.8 Å². The van der Waals surface area contributed by atoms with E-state index >= 15 is 0 Å². The number of aromatic nitrogens is 5. The molecule has 15 heteroatoms. The summed E-state index contributed by atoms with van der Waals surface area (Å²) in [4.78, 5) is 36.0. The van der Waals surface area contributed by atoms with Gasteiger partial charge in [0.2, 0.25) is 5.82 Å². The maximum absolute atomic E-state index is 12.9. The van der Waals surface area contributed by atoms with Gasteiger partial charge in [-0.3, -0.25) is 14.3 Å². The predicted molar refractivity (Wildman–Crippen MR) is 163 cm³/mol. The Balaban J connectivity index is 1.12. The SMILES string of the molecule is CN(C)S(=O)(=O)N1CCN(CCOc2ccc(-c3ccc(-c4nc5c(=O)n(C)c(=O)nc-5n(C5CCCC5)n4)o3)cc2)CC1. The molecule has 0 radical (unpaired) electrons. The fourth-order valence-corrected chi connectivity index (χ4v) is 6.73. The first kappa shape index (κ1) is 30.1. The molecule has 1 aromatic heterocycles. The van der Waals surface area contributed by atoms with Crippen molar-refractivity contribution < 1.29 is 17.6 Å². The van der Waals surface area contributed by atoms with Crippen molar-refractivity contribution >= 4 is 10.2 Å². The molecular weight excluding hydrogens is 588 g/mol. The van der Waals surface area contributed by atoms with Crippen molar-refractivity contribution in [2.75, 3.05) is 53.4 Å². The molecule has 234 valence electrons. The van der Waals surface area contributed by atoms with E-state index in [2.05, 4.69) is 20.0 Å². The second-order valence-electron chi connectivity index (χ2n) is 11.3. The highest BCUT2D eigenvalue weighted by atomic mass is 32.2. The summed E-state index contributed by atoms with van der Waals surface area (Å²) < 4.78 is 42.1. The molecule has 0 spiro atoms. The van der Waals surface area contributed by atoms with Crippen molar-refractivity contribution in [3.05, 3.63) is 57.2 Å². The molecule has 1 saturated heterocycles. The molecule has 0 N–H and O–H groups in total. The minimum Gasteiger partial charge on any atom is -0.492 e. The average molecular weight is 625 g/mol. The fourth-order valence-electron chi connectivity index (χ4n) is 5.64. The van der Waals surface area contributed by atoms with E-state index in [4.69, 9.17) is 9.15 Å². The van der Waals surface area contributed by atoms with E-state index in [0.29, 0.717) is 56.6 Å². The highest BCUT2D eigenvalue weighted by Crippen LogP contribution is 2.33. The number of benzene rings is 1. The van der Waals surface area contributed by atoms with Gasteiger partial charge in [0.05, 0.1) is 6.04 Å². The highest BCUT2D eigenvalue weighted by molar-refractivity contribution is 7.86. The van der Waals surface area contributed by atoms with E-state index in [1.54, 1.807) is 24.8 Å². The third-order valence-corrected chi connectivity index (χ3v) is 10.2. The summed E-state index contributed by atoms with van der Waals surface area (Å²) in [6.45, 7) is 3.40. The summed E-state index contributed by atoms with van der Waals surface area (Å²) >= 11 is 0. The zero-order valence-corrected chi connectivity index (χ0v) is 25.9. The van der Waals surface area contributed by atoms with Gasteiger partial charge >= 0.3 is 5.69 Å². The van der Waals surface area contributed by atoms with Crippen molar-refractivity contribution in [2.24, 2.45) is 7.05 Å². The Kier molecular flexibility index (Phi) is 8.37. The molecule has 1 aliphatic carbocycles. The maximum Gasteiger partial charge on any atom is 0.352 e. The minimum absolute atomic E-state index is 0.0315. The third-order valence-electron chi connectivity index (χ3n) is 8.28. The lowest BCUT2D eigenvalue weighted by atomic mass is 10.2. The lowest BCUT2D eigenvalue weighted by Gasteiger charge is -2.34. The maximum atomic E-state index is 12.9. The molecule has 4 aliphatic rings. The van der Waals surface area contributed by atoms with Crippen molar-refractivity contribution in [3.63, 3.8) is 0 Å². The Labute approximate surface area is 255 Å². The van der Waals surface area contributed by atoms with Gasteiger partial charge < -0.3 is 9.15 Å². The van der Waals surface area contributed by atoms with Crippen LogP contribution < -0.4 is 16.0 Å². The van der Waals surface area contributed by atoms with Gasteiger partial charge in [-0.15, -0.1) is 5.10 Å². The summed E-state index contributed by atoms with van der Waals surface area (Å²) in [5.41, 5.74) is -0.226. The Morgan fingerprint density at radius 2 is 1.64 bits per heavy atom. The number of furan rings is 1. The molecule has 44 heavy (non-hydrogen) atoms. The molecule has 2 fully saturated rings. The Morgan fingerprint density at radius 1 is 0.955 bits per heavy atom. The molecule has 6 rings (SSSR count). The van der Waals surface area contributed by atoms with E-state index in [9.17, 15) is 18.0 Å². The average Bonchev–Trinajstić information content (AvgIpc) is 3.74. The molecule has 0 amide bonds. The quantitative estimate of drug-likeness (QED) is 0.269. The Hall–Kier alpha value is -3.92. The van der Waals surface area contributed by atoms with Gasteiger partial charge in [-0.25, -0.2) is 14.5 Å². The van der Waals surface area contributed by atoms with Crippen LogP contribution in [0.25, 0.3) is 34.4 Å². The van der Waals surface area contributed by atoms with Gasteiger partial charge in [-0.2, -0.15) is 22.0 Å². The molecule has 4 heterocycles. The summed E-state index contributed by atoms with van der Waals surface area (Å²) in [6.07, 6.45) is 3.85. The standard InChI is InChI=1S/C29H36N8O6S/c1-33(2)44(40,41)36-16-14-35(15-17-36)18-19-42-22-10-8-20(9-11-22)23-12-13-24(43-23)26-30-25-27(31-29(39)34(3)28(25)38)37(32-26)21-6-4-5-7-21/h8-13,21H,4-7,14-19H2,1-3H3. The predicted octanol–water partition coefficient (Wildman–Crippen LogP) is 1.68. The molecule has 2 aromatic rings. The van der Waals surface area contributed by atoms with E-state index in [-0.39, 0.29) is 23.4 Å². The summed E-state index contributed by atoms with van der Waals surface area (Å²) in [6, 6.07) is 11.2. The van der Waals surface area contributed by atoms with E-state index < -0.39 is 21.5 Å². The number of hydrogen-bond donors (Lipinski definition) is 0. The van der Waals surface area contributed by atoms with Crippen LogP contribution in [-0.2, 0) is 17.3 Å². The summed E-state index contributed by atoms with van der Waals surface area (Å²) in [5.74, 6) is 2.18. The molecule has 1 aromatic carbocycles. The monoisotopic (exact) mass is 624 g/mol. The van der Waals surface area contributed by atoms with Crippen LogP contribution in [-0.4, -0.2) is 99.7 Å². The van der Waals surface area contributed by atoms with E-state index in [0.717, 1.165) is 35.8 Å². The number of ether oxygens (including phenoxy) is 1. The molecule has 14 nitrogen and oxygen atoms in total. The summed E-state index contributed by atoms with van der Waals surface area (Å²) in [7, 11) is 1.10. The zero-order chi connectivity index (χ0) is 31.0. The van der Waals surface area contributed by atoms with Gasteiger partial charge in [0.1, 0.15) is 18.1 Å². The second-order valence-corrected chi connectivity index (χ2v) is 13.5. The van der Waals surface area contributed by atoms with Crippen LogP contribution >= 0.6 is 0 Å². The van der Waals surface area contributed by atoms with Gasteiger partial charge in [-0.05, 0) is 49.2 Å². The van der Waals surface area contributed by atoms with E-state index in [1.807, 2.05) is 30.3 Å². The molecule has 1 saturated carbocycles. The lowest BCUT2D eigenvalue weighted by Crippen LogP contribution is -2.52. The first-order chi connectivity index (χ1) is 21.1. The normalized spacial score (nSPS) is 17.2. The lowest BCUT2D eigenvalue weighted by molar-refractivity contribution is 0.156. The third kappa shape index (κ3) is 5.92. The molecule has 0 unspecified atom stereocenters. The van der Waals surface area contributed by atoms with Gasteiger partial charge in [0.25, 0.3) is 15.8 Å². The van der Waals surface area contributed by atoms with Crippen LogP contribution in [0.3, 0.4) is 0 Å². The number of piperazine rings is 1. The number of rotatable bonds is 9. The zero-order valence-electron chi connectivity index (χ0n) is 25.0. The summed E-state index contributed by atoms with van der Waals surface area (Å²) in [5, 5.41) is 4.69. The first-order valence-corrected chi connectivity index (χ1v) is 16.1. The second kappa shape index (κ2) is 12.2. The van der Waals surface area contributed by atoms with Crippen LogP contribution in [0.4, 0.5) is 0 Å². The minimum atomic E-state index is -3.38. The number of hydrogen-bond acceptors (Lipinski definition) is 10. The number of nitrogens with zero attached hydrogens (tertiary/aromatic N) is 8. The topological polar surface area (TPSA) is 149 Å². The Morgan fingerprint density at radius 3 is 2.32 bits per heavy atom. The highest BCUT2D eigenvalue weighted by Gasteiger charge is 2.29. The smallest absolute Gasteiger partial charge is 0.352 e. The van der Waals surface area contributed by atoms with Crippen molar-refractivity contribution in [2.45, 2.75) is 31.7 Å². The number of fused-ring (bicyclic) bond motifs is 1. The molecule has 3 aliphatic heterocycles. The Bertz CT molecular complexity index is 1820. The largest absolute Gasteiger partial charge is 0.492 e. The van der Waals surface area contributed by atoms with Crippen LogP contribution in [0.5, 0.6) is 5.75 Å². The van der Waals surface area contributed by atoms with Gasteiger partial charge in [0.15, 0.2) is 17.3 Å². The van der Waals surface area contributed by atoms with Crippen LogP contribution in [0.1, 0.15) is 31.7 Å². The van der Waals surface area contributed by atoms with Crippen molar-refractivity contribution in [1.82, 2.24) is 37.8 Å². The van der Waals surface area contributed by atoms with Crippen LogP contribution in [0.15, 0.2) is 50.4 Å². The first-order valence-electron chi connectivity index (χ1n) is 14.7. The molecular formula is C29H36N8O6S. The van der Waals surface area contributed by atoms with E-state index in [1.165, 1.54) is 15.7 Å². The molecule has 0 bridgehead atoms. The molecule has 0 atom stereocenters. The van der Waals surface area contributed by atoms with Crippen LogP contribution in [0.2, 0.25) is 0 Å². The van der Waals surface area contributed by atoms with Crippen molar-refractivity contribution in [3.8, 4) is 40.2 Å². The van der Waals surface area contributed by atoms with Crippen LogP contribution in [0, 0.1) is 0 Å². The fraction of sp³-hybridized carbons (Fsp3) is 0.483. The van der Waals surface area contributed by atoms with Gasteiger partial charge in [0, 0.05) is 59.4 Å². The van der Waals surface area contributed by atoms with Crippen molar-refractivity contribution in [1.29, 1.82) is 0 Å².